The van der Waals surface area contributed by atoms with E-state index in [0.717, 1.165) is 22.7 Å². The molecule has 4 heteroatoms. The number of amides is 1. The first kappa shape index (κ1) is 13.5. The smallest absolute Gasteiger partial charge is 0.248 e. The van der Waals surface area contributed by atoms with Crippen molar-refractivity contribution in [1.82, 2.24) is 5.32 Å². The highest BCUT2D eigenvalue weighted by atomic mass is 32.1. The third kappa shape index (κ3) is 4.05. The quantitative estimate of drug-likeness (QED) is 0.821. The van der Waals surface area contributed by atoms with Crippen LogP contribution in [0.1, 0.15) is 10.4 Å². The van der Waals surface area contributed by atoms with Crippen LogP contribution in [0.5, 0.6) is 0 Å². The number of carbonyl (C=O) groups excluding carboxylic acids is 1. The van der Waals surface area contributed by atoms with Crippen molar-refractivity contribution in [2.24, 2.45) is 0 Å². The zero-order valence-electron chi connectivity index (χ0n) is 10.7. The minimum absolute atomic E-state index is 0.114. The van der Waals surface area contributed by atoms with Gasteiger partial charge < -0.3 is 10.6 Å². The normalized spacial score (nSPS) is 10.8. The Morgan fingerprint density at radius 1 is 1.26 bits per heavy atom. The molecule has 0 aliphatic rings. The average Bonchev–Trinajstić information content (AvgIpc) is 2.92. The lowest BCUT2D eigenvalue weighted by atomic mass is 10.1. The van der Waals surface area contributed by atoms with Crippen LogP contribution in [0.2, 0.25) is 0 Å². The van der Waals surface area contributed by atoms with E-state index < -0.39 is 0 Å². The van der Waals surface area contributed by atoms with E-state index >= 15 is 0 Å². The highest BCUT2D eigenvalue weighted by Crippen LogP contribution is 2.15. The van der Waals surface area contributed by atoms with Crippen molar-refractivity contribution in [3.05, 3.63) is 58.3 Å². The second kappa shape index (κ2) is 6.87. The van der Waals surface area contributed by atoms with E-state index in [1.54, 1.807) is 17.4 Å². The molecule has 0 radical (unpaired) electrons. The molecule has 1 heterocycles. The fourth-order valence-corrected chi connectivity index (χ4v) is 2.32. The van der Waals surface area contributed by atoms with Gasteiger partial charge in [-0.15, -0.1) is 11.3 Å². The number of hydrogen-bond acceptors (Lipinski definition) is 3. The lowest BCUT2D eigenvalue weighted by molar-refractivity contribution is -0.111. The lowest BCUT2D eigenvalue weighted by Gasteiger charge is -2.08. The van der Waals surface area contributed by atoms with Crippen molar-refractivity contribution in [3.63, 3.8) is 0 Å². The number of nitrogens with one attached hydrogen (secondary N) is 2. The SMILES string of the molecule is CNCc1ccccc1NC(=O)/C=C/c1cccs1. The maximum atomic E-state index is 11.9. The second-order valence-electron chi connectivity index (χ2n) is 4.03. The van der Waals surface area contributed by atoms with Crippen molar-refractivity contribution in [2.45, 2.75) is 6.54 Å². The van der Waals surface area contributed by atoms with Crippen molar-refractivity contribution in [3.8, 4) is 0 Å². The van der Waals surface area contributed by atoms with Gasteiger partial charge in [0.2, 0.25) is 5.91 Å². The van der Waals surface area contributed by atoms with Gasteiger partial charge >= 0.3 is 0 Å². The van der Waals surface area contributed by atoms with Gasteiger partial charge in [0.05, 0.1) is 0 Å². The van der Waals surface area contributed by atoms with Crippen LogP contribution in [0.3, 0.4) is 0 Å². The van der Waals surface area contributed by atoms with Crippen LogP contribution in [0.4, 0.5) is 5.69 Å². The molecule has 1 aromatic carbocycles. The second-order valence-corrected chi connectivity index (χ2v) is 5.00. The molecule has 2 rings (SSSR count). The Hall–Kier alpha value is -1.91. The van der Waals surface area contributed by atoms with Gasteiger partial charge in [-0.1, -0.05) is 24.3 Å². The van der Waals surface area contributed by atoms with Crippen molar-refractivity contribution in [1.29, 1.82) is 0 Å². The maximum Gasteiger partial charge on any atom is 0.248 e. The fraction of sp³-hybridized carbons (Fsp3) is 0.133. The minimum Gasteiger partial charge on any atom is -0.322 e. The molecule has 19 heavy (non-hydrogen) atoms. The van der Waals surface area contributed by atoms with Crippen LogP contribution >= 0.6 is 11.3 Å². The van der Waals surface area contributed by atoms with Crippen molar-refractivity contribution in [2.75, 3.05) is 12.4 Å². The van der Waals surface area contributed by atoms with Crippen molar-refractivity contribution >= 4 is 29.0 Å². The molecule has 3 nitrogen and oxygen atoms in total. The molecule has 1 aromatic heterocycles. The van der Waals surface area contributed by atoms with E-state index in [0.29, 0.717) is 0 Å². The summed E-state index contributed by atoms with van der Waals surface area (Å²) >= 11 is 1.61. The van der Waals surface area contributed by atoms with Gasteiger partial charge in [-0.3, -0.25) is 4.79 Å². The predicted molar refractivity (Wildman–Crippen MR) is 81.2 cm³/mol. The van der Waals surface area contributed by atoms with E-state index in [2.05, 4.69) is 10.6 Å². The molecule has 1 amide bonds. The summed E-state index contributed by atoms with van der Waals surface area (Å²) in [6, 6.07) is 11.7. The van der Waals surface area contributed by atoms with Crippen LogP contribution in [-0.4, -0.2) is 13.0 Å². The first-order chi connectivity index (χ1) is 9.29. The van der Waals surface area contributed by atoms with E-state index in [1.165, 1.54) is 0 Å². The first-order valence-corrected chi connectivity index (χ1v) is 6.92. The zero-order valence-corrected chi connectivity index (χ0v) is 11.5. The molecular weight excluding hydrogens is 256 g/mol. The van der Waals surface area contributed by atoms with Crippen LogP contribution in [0, 0.1) is 0 Å². The van der Waals surface area contributed by atoms with Gasteiger partial charge in [-0.25, -0.2) is 0 Å². The Balaban J connectivity index is 2.02. The molecule has 0 saturated carbocycles. The average molecular weight is 272 g/mol. The van der Waals surface area contributed by atoms with E-state index in [-0.39, 0.29) is 5.91 Å². The number of para-hydroxylation sites is 1. The summed E-state index contributed by atoms with van der Waals surface area (Å²) in [5.41, 5.74) is 1.92. The minimum atomic E-state index is -0.114. The molecule has 2 N–H and O–H groups in total. The van der Waals surface area contributed by atoms with Crippen LogP contribution in [0.15, 0.2) is 47.9 Å². The highest BCUT2D eigenvalue weighted by molar-refractivity contribution is 7.10. The van der Waals surface area contributed by atoms with Gasteiger partial charge in [-0.05, 0) is 36.2 Å². The van der Waals surface area contributed by atoms with Gasteiger partial charge in [0.1, 0.15) is 0 Å². The molecule has 0 aliphatic carbocycles. The lowest BCUT2D eigenvalue weighted by Crippen LogP contribution is -2.12. The van der Waals surface area contributed by atoms with E-state index in [1.807, 2.05) is 54.9 Å². The largest absolute Gasteiger partial charge is 0.322 e. The first-order valence-electron chi connectivity index (χ1n) is 6.04. The molecule has 0 unspecified atom stereocenters. The van der Waals surface area contributed by atoms with Crippen LogP contribution in [-0.2, 0) is 11.3 Å². The number of rotatable bonds is 5. The summed E-state index contributed by atoms with van der Waals surface area (Å²) < 4.78 is 0. The zero-order chi connectivity index (χ0) is 13.5. The maximum absolute atomic E-state index is 11.9. The molecule has 0 spiro atoms. The molecular formula is C15H16N2OS. The molecule has 0 aliphatic heterocycles. The summed E-state index contributed by atoms with van der Waals surface area (Å²) in [5.74, 6) is -0.114. The predicted octanol–water partition coefficient (Wildman–Crippen LogP) is 3.12. The van der Waals surface area contributed by atoms with Crippen molar-refractivity contribution < 1.29 is 4.79 Å². The summed E-state index contributed by atoms with van der Waals surface area (Å²) in [6.07, 6.45) is 3.38. The fourth-order valence-electron chi connectivity index (χ4n) is 1.71. The number of benzene rings is 1. The van der Waals surface area contributed by atoms with Gasteiger partial charge in [0.15, 0.2) is 0 Å². The number of anilines is 1. The molecule has 0 bridgehead atoms. The number of thiophene rings is 1. The highest BCUT2D eigenvalue weighted by Gasteiger charge is 2.03. The standard InChI is InChI=1S/C15H16N2OS/c1-16-11-12-5-2-3-7-14(12)17-15(18)9-8-13-6-4-10-19-13/h2-10,16H,11H2,1H3,(H,17,18)/b9-8+. The summed E-state index contributed by atoms with van der Waals surface area (Å²) in [6.45, 7) is 0.727. The molecule has 0 atom stereocenters. The summed E-state index contributed by atoms with van der Waals surface area (Å²) in [4.78, 5) is 12.9. The van der Waals surface area contributed by atoms with Gasteiger partial charge in [0.25, 0.3) is 0 Å². The van der Waals surface area contributed by atoms with E-state index in [9.17, 15) is 4.79 Å². The Morgan fingerprint density at radius 2 is 2.11 bits per heavy atom. The molecule has 0 fully saturated rings. The van der Waals surface area contributed by atoms with Gasteiger partial charge in [-0.2, -0.15) is 0 Å². The van der Waals surface area contributed by atoms with Gasteiger partial charge in [0, 0.05) is 23.2 Å². The van der Waals surface area contributed by atoms with Crippen LogP contribution in [0.25, 0.3) is 6.08 Å². The molecule has 2 aromatic rings. The third-order valence-corrected chi connectivity index (χ3v) is 3.42. The summed E-state index contributed by atoms with van der Waals surface area (Å²) in [7, 11) is 1.88. The number of carbonyl (C=O) groups is 1. The molecule has 0 saturated heterocycles. The monoisotopic (exact) mass is 272 g/mol. The summed E-state index contributed by atoms with van der Waals surface area (Å²) in [5, 5.41) is 7.97. The Labute approximate surface area is 117 Å². The Morgan fingerprint density at radius 3 is 2.84 bits per heavy atom. The van der Waals surface area contributed by atoms with E-state index in [4.69, 9.17) is 0 Å². The Bertz CT molecular complexity index is 561. The molecule has 98 valence electrons. The number of hydrogen-bond donors (Lipinski definition) is 2. The topological polar surface area (TPSA) is 41.1 Å². The third-order valence-electron chi connectivity index (χ3n) is 2.58. The Kier molecular flexibility index (Phi) is 4.89. The van der Waals surface area contributed by atoms with Crippen LogP contribution < -0.4 is 10.6 Å².